The van der Waals surface area contributed by atoms with Crippen LogP contribution in [0, 0.1) is 29.5 Å². The monoisotopic (exact) mass is 550 g/mol. The minimum atomic E-state index is -0.0384. The summed E-state index contributed by atoms with van der Waals surface area (Å²) in [5.41, 5.74) is 5.86. The fourth-order valence-electron chi connectivity index (χ4n) is 7.62. The van der Waals surface area contributed by atoms with Crippen LogP contribution in [0.25, 0.3) is 11.1 Å². The molecule has 2 aromatic rings. The van der Waals surface area contributed by atoms with Crippen LogP contribution < -0.4 is 0 Å². The molecular formula is C36H51FO3. The topological polar surface area (TPSA) is 46.5 Å². The molecule has 0 saturated heterocycles. The molecule has 2 aliphatic rings. The molecule has 4 rings (SSSR count). The van der Waals surface area contributed by atoms with Crippen LogP contribution in [-0.2, 0) is 22.4 Å². The van der Waals surface area contributed by atoms with Gasteiger partial charge in [-0.15, -0.1) is 0 Å². The Morgan fingerprint density at radius 1 is 0.900 bits per heavy atom. The Bertz CT molecular complexity index is 1050. The largest absolute Gasteiger partial charge is 0.468 e. The van der Waals surface area contributed by atoms with Crippen LogP contribution in [0.4, 0.5) is 4.39 Å². The van der Waals surface area contributed by atoms with E-state index in [-0.39, 0.29) is 18.3 Å². The molecule has 2 fully saturated rings. The predicted molar refractivity (Wildman–Crippen MR) is 162 cm³/mol. The number of hydrogen-bond acceptors (Lipinski definition) is 3. The molecular weight excluding hydrogens is 499 g/mol. The Balaban J connectivity index is 1.29. The molecule has 40 heavy (non-hydrogen) atoms. The Labute approximate surface area is 241 Å². The third-order valence-electron chi connectivity index (χ3n) is 10.1. The average molecular weight is 551 g/mol. The van der Waals surface area contributed by atoms with Crippen molar-refractivity contribution >= 4 is 6.47 Å². The van der Waals surface area contributed by atoms with E-state index in [0.29, 0.717) is 24.9 Å². The number of rotatable bonds is 14. The van der Waals surface area contributed by atoms with Gasteiger partial charge in [0.25, 0.3) is 6.47 Å². The van der Waals surface area contributed by atoms with E-state index in [9.17, 15) is 9.90 Å². The molecule has 1 unspecified atom stereocenters. The van der Waals surface area contributed by atoms with Gasteiger partial charge in [0, 0.05) is 12.5 Å². The molecule has 1 N–H and O–H groups in total. The number of aryl methyl sites for hydroxylation is 2. The summed E-state index contributed by atoms with van der Waals surface area (Å²) in [7, 11) is 0. The van der Waals surface area contributed by atoms with Crippen LogP contribution in [0.1, 0.15) is 114 Å². The summed E-state index contributed by atoms with van der Waals surface area (Å²) >= 11 is 0. The Hall–Kier alpha value is -2.20. The molecule has 1 atom stereocenters. The van der Waals surface area contributed by atoms with Crippen LogP contribution in [0.15, 0.2) is 36.4 Å². The highest BCUT2D eigenvalue weighted by atomic mass is 19.1. The summed E-state index contributed by atoms with van der Waals surface area (Å²) in [5.74, 6) is 2.52. The number of ether oxygens (including phenoxy) is 1. The van der Waals surface area contributed by atoms with Crippen LogP contribution >= 0.6 is 0 Å². The second-order valence-corrected chi connectivity index (χ2v) is 12.6. The highest BCUT2D eigenvalue weighted by Gasteiger charge is 2.32. The van der Waals surface area contributed by atoms with E-state index >= 15 is 4.39 Å². The highest BCUT2D eigenvalue weighted by molar-refractivity contribution is 5.65. The molecule has 2 aliphatic carbocycles. The van der Waals surface area contributed by atoms with E-state index in [1.807, 2.05) is 0 Å². The fourth-order valence-corrected chi connectivity index (χ4v) is 7.62. The van der Waals surface area contributed by atoms with Crippen molar-refractivity contribution in [2.45, 2.75) is 110 Å². The highest BCUT2D eigenvalue weighted by Crippen LogP contribution is 2.45. The van der Waals surface area contributed by atoms with Crippen molar-refractivity contribution in [1.82, 2.24) is 0 Å². The number of aliphatic hydroxyl groups excluding tert-OH is 1. The fraction of sp³-hybridized carbons (Fsp3) is 0.639. The van der Waals surface area contributed by atoms with Gasteiger partial charge < -0.3 is 9.84 Å². The molecule has 220 valence electrons. The van der Waals surface area contributed by atoms with Crippen molar-refractivity contribution in [2.24, 2.45) is 23.7 Å². The lowest BCUT2D eigenvalue weighted by molar-refractivity contribution is -0.130. The number of benzene rings is 2. The van der Waals surface area contributed by atoms with Crippen molar-refractivity contribution in [3.05, 3.63) is 58.9 Å². The third-order valence-corrected chi connectivity index (χ3v) is 10.1. The van der Waals surface area contributed by atoms with Crippen molar-refractivity contribution in [3.63, 3.8) is 0 Å². The summed E-state index contributed by atoms with van der Waals surface area (Å²) in [6, 6.07) is 12.7. The minimum Gasteiger partial charge on any atom is -0.468 e. The molecule has 0 amide bonds. The van der Waals surface area contributed by atoms with Crippen molar-refractivity contribution in [3.8, 4) is 11.1 Å². The summed E-state index contributed by atoms with van der Waals surface area (Å²) in [4.78, 5) is 10.5. The van der Waals surface area contributed by atoms with Crippen molar-refractivity contribution < 1.29 is 19.0 Å². The normalized spacial score (nSPS) is 24.0. The molecule has 0 heterocycles. The number of unbranched alkanes of at least 4 members (excludes halogenated alkanes) is 2. The van der Waals surface area contributed by atoms with Gasteiger partial charge in [0.15, 0.2) is 0 Å². The lowest BCUT2D eigenvalue weighted by atomic mass is 9.67. The summed E-state index contributed by atoms with van der Waals surface area (Å²) < 4.78 is 20.3. The predicted octanol–water partition coefficient (Wildman–Crippen LogP) is 9.04. The minimum absolute atomic E-state index is 0.0384. The van der Waals surface area contributed by atoms with Gasteiger partial charge in [-0.2, -0.15) is 0 Å². The Morgan fingerprint density at radius 2 is 1.57 bits per heavy atom. The molecule has 3 nitrogen and oxygen atoms in total. The first-order valence-corrected chi connectivity index (χ1v) is 16.1. The second kappa shape index (κ2) is 15.7. The van der Waals surface area contributed by atoms with Gasteiger partial charge in [0.05, 0.1) is 6.61 Å². The van der Waals surface area contributed by atoms with Crippen LogP contribution in [0.2, 0.25) is 0 Å². The lowest BCUT2D eigenvalue weighted by Crippen LogP contribution is -2.27. The molecule has 0 aliphatic heterocycles. The number of hydrogen-bond donors (Lipinski definition) is 1. The molecule has 0 bridgehead atoms. The number of halogens is 1. The lowest BCUT2D eigenvalue weighted by Gasteiger charge is -2.38. The maximum Gasteiger partial charge on any atom is 0.293 e. The van der Waals surface area contributed by atoms with Crippen LogP contribution in [0.3, 0.4) is 0 Å². The smallest absolute Gasteiger partial charge is 0.293 e. The molecule has 0 spiro atoms. The molecule has 0 aromatic heterocycles. The number of carbonyl (C=O) groups is 1. The van der Waals surface area contributed by atoms with Crippen LogP contribution in [0.5, 0.6) is 0 Å². The SMILES string of the molecule is CCCCCc1ccc(-c2ccc(C3CCC(C4CCC(CC(CO)COC=O)CC4)CC3)c(F)c2)cc1CC. The summed E-state index contributed by atoms with van der Waals surface area (Å²) in [6.07, 6.45) is 16.3. The number of carbonyl (C=O) groups excluding carboxylic acids is 1. The van der Waals surface area contributed by atoms with Gasteiger partial charge in [-0.1, -0.05) is 69.9 Å². The maximum absolute atomic E-state index is 15.4. The van der Waals surface area contributed by atoms with E-state index in [4.69, 9.17) is 4.74 Å². The first-order valence-electron chi connectivity index (χ1n) is 16.1. The molecule has 2 aromatic carbocycles. The first kappa shape index (κ1) is 30.8. The van der Waals surface area contributed by atoms with Crippen molar-refractivity contribution in [2.75, 3.05) is 13.2 Å². The zero-order valence-corrected chi connectivity index (χ0v) is 24.9. The van der Waals surface area contributed by atoms with E-state index in [1.165, 1.54) is 68.9 Å². The average Bonchev–Trinajstić information content (AvgIpc) is 3.00. The van der Waals surface area contributed by atoms with Gasteiger partial charge >= 0.3 is 0 Å². The standard InChI is InChI=1S/C36H51FO3/c1-3-5-6-7-29-14-17-33(21-28(29)4-2)34-18-19-35(36(37)22-34)32-15-12-31(13-16-32)30-10-8-26(9-11-30)20-27(23-38)24-40-25-39/h14,17-19,21-22,25-27,30-32,38H,3-13,15-16,20,23-24H2,1-2H3. The van der Waals surface area contributed by atoms with Gasteiger partial charge in [-0.05, 0) is 122 Å². The van der Waals surface area contributed by atoms with Crippen LogP contribution in [-0.4, -0.2) is 24.8 Å². The van der Waals surface area contributed by atoms with Crippen molar-refractivity contribution in [1.29, 1.82) is 0 Å². The Kier molecular flexibility index (Phi) is 12.1. The van der Waals surface area contributed by atoms with Gasteiger partial charge in [0.2, 0.25) is 0 Å². The number of aliphatic hydroxyl groups is 1. The van der Waals surface area contributed by atoms with E-state index in [1.54, 1.807) is 6.07 Å². The zero-order chi connectivity index (χ0) is 28.3. The second-order valence-electron chi connectivity index (χ2n) is 12.6. The van der Waals surface area contributed by atoms with Gasteiger partial charge in [-0.3, -0.25) is 4.79 Å². The van der Waals surface area contributed by atoms with E-state index in [2.05, 4.69) is 44.2 Å². The van der Waals surface area contributed by atoms with E-state index in [0.717, 1.165) is 60.6 Å². The first-order chi connectivity index (χ1) is 19.6. The third kappa shape index (κ3) is 8.18. The molecule has 0 radical (unpaired) electrons. The van der Waals surface area contributed by atoms with Gasteiger partial charge in [0.1, 0.15) is 5.82 Å². The maximum atomic E-state index is 15.4. The zero-order valence-electron chi connectivity index (χ0n) is 24.9. The summed E-state index contributed by atoms with van der Waals surface area (Å²) in [5, 5.41) is 9.59. The van der Waals surface area contributed by atoms with E-state index < -0.39 is 0 Å². The Morgan fingerprint density at radius 3 is 2.20 bits per heavy atom. The summed E-state index contributed by atoms with van der Waals surface area (Å²) in [6.45, 7) is 5.35. The molecule has 2 saturated carbocycles. The van der Waals surface area contributed by atoms with Gasteiger partial charge in [-0.25, -0.2) is 4.39 Å². The molecule has 4 heteroatoms. The quantitative estimate of drug-likeness (QED) is 0.189.